The van der Waals surface area contributed by atoms with Crippen molar-refractivity contribution in [1.29, 1.82) is 0 Å². The minimum atomic E-state index is -1.44. The summed E-state index contributed by atoms with van der Waals surface area (Å²) in [5.41, 5.74) is 3.37. The highest BCUT2D eigenvalue weighted by Gasteiger charge is 2.50. The van der Waals surface area contributed by atoms with Gasteiger partial charge in [0.25, 0.3) is 5.56 Å². The molecule has 5 heterocycles. The fraction of sp³-hybridized carbons (Fsp3) is 0.467. The second-order valence-electron chi connectivity index (χ2n) is 11.0. The maximum atomic E-state index is 13.8. The number of likely N-dealkylation sites (tertiary alicyclic amines) is 1. The molecule has 7 rings (SSSR count). The second-order valence-corrected chi connectivity index (χ2v) is 11.0. The predicted octanol–water partition coefficient (Wildman–Crippen LogP) is 3.61. The van der Waals surface area contributed by atoms with Crippen molar-refractivity contribution in [2.24, 2.45) is 0 Å². The predicted molar refractivity (Wildman–Crippen MR) is 143 cm³/mol. The number of carbonyl (C=O) groups excluding carboxylic acids is 2. The number of fused-ring (bicyclic) bond motifs is 6. The highest BCUT2D eigenvalue weighted by atomic mass is 16.7. The maximum Gasteiger partial charge on any atom is 0.308 e. The minimum Gasteiger partial charge on any atom is -0.454 e. The normalized spacial score (nSPS) is 21.2. The zero-order valence-electron chi connectivity index (χ0n) is 22.3. The minimum absolute atomic E-state index is 0.0339. The first-order valence-corrected chi connectivity index (χ1v) is 13.9. The Morgan fingerprint density at radius 3 is 2.62 bits per heavy atom. The molecule has 3 aliphatic heterocycles. The van der Waals surface area contributed by atoms with Gasteiger partial charge in [-0.1, -0.05) is 13.3 Å². The molecule has 0 bridgehead atoms. The number of esters is 1. The van der Waals surface area contributed by atoms with E-state index in [2.05, 4.69) is 4.90 Å². The zero-order valence-corrected chi connectivity index (χ0v) is 22.3. The fourth-order valence-electron chi connectivity index (χ4n) is 6.69. The van der Waals surface area contributed by atoms with E-state index >= 15 is 0 Å². The van der Waals surface area contributed by atoms with Gasteiger partial charge >= 0.3 is 5.97 Å². The molecule has 1 fully saturated rings. The summed E-state index contributed by atoms with van der Waals surface area (Å²) in [6.07, 6.45) is 3.97. The van der Waals surface area contributed by atoms with Crippen molar-refractivity contribution in [3.05, 3.63) is 50.8 Å². The highest BCUT2D eigenvalue weighted by molar-refractivity contribution is 5.97. The van der Waals surface area contributed by atoms with E-state index in [1.54, 1.807) is 4.57 Å². The summed E-state index contributed by atoms with van der Waals surface area (Å²) in [6.45, 7) is 7.01. The average molecular weight is 530 g/mol. The van der Waals surface area contributed by atoms with Crippen LogP contribution in [0.3, 0.4) is 0 Å². The van der Waals surface area contributed by atoms with E-state index in [1.807, 2.05) is 32.0 Å². The topological polar surface area (TPSA) is 100.0 Å². The molecule has 0 saturated carbocycles. The lowest BCUT2D eigenvalue weighted by atomic mass is 9.91. The number of ether oxygens (including phenoxy) is 3. The quantitative estimate of drug-likeness (QED) is 0.362. The Hall–Kier alpha value is -3.72. The second kappa shape index (κ2) is 8.91. The smallest absolute Gasteiger partial charge is 0.308 e. The van der Waals surface area contributed by atoms with Gasteiger partial charge in [0.2, 0.25) is 6.79 Å². The van der Waals surface area contributed by atoms with Crippen molar-refractivity contribution >= 4 is 22.7 Å². The monoisotopic (exact) mass is 529 g/mol. The largest absolute Gasteiger partial charge is 0.454 e. The van der Waals surface area contributed by atoms with Gasteiger partial charge in [0.15, 0.2) is 22.9 Å². The number of hydrogen-bond acceptors (Lipinski definition) is 8. The molecule has 4 aliphatic rings. The van der Waals surface area contributed by atoms with Gasteiger partial charge in [-0.25, -0.2) is 4.98 Å². The Morgan fingerprint density at radius 2 is 1.85 bits per heavy atom. The van der Waals surface area contributed by atoms with Crippen molar-refractivity contribution in [3.63, 3.8) is 0 Å². The number of Topliss-reactive ketones (excluding diaryl/α,β-unsaturated/α-hetero) is 1. The van der Waals surface area contributed by atoms with Crippen LogP contribution in [0.4, 0.5) is 0 Å². The molecule has 1 saturated heterocycles. The van der Waals surface area contributed by atoms with Crippen LogP contribution >= 0.6 is 0 Å². The standard InChI is InChI=1S/C30H31N3O6/c1-3-30(39-27(35)7-10-32-8-5-4-6-9-32)21-13-23-28-20(15-33(23)29(36)19(21)12-26(30)34)17(2)18-11-24-25(38-16-37-24)14-22(18)31-28/h11,13-14H,3-10,12,15-16H2,1-2H3. The first-order valence-electron chi connectivity index (χ1n) is 13.9. The van der Waals surface area contributed by atoms with Crippen molar-refractivity contribution in [1.82, 2.24) is 14.5 Å². The third kappa shape index (κ3) is 3.62. The van der Waals surface area contributed by atoms with E-state index < -0.39 is 11.6 Å². The zero-order chi connectivity index (χ0) is 26.9. The van der Waals surface area contributed by atoms with Crippen LogP contribution < -0.4 is 15.0 Å². The van der Waals surface area contributed by atoms with Crippen LogP contribution in [0.5, 0.6) is 11.5 Å². The van der Waals surface area contributed by atoms with Crippen molar-refractivity contribution in [2.45, 2.75) is 64.5 Å². The third-order valence-electron chi connectivity index (χ3n) is 8.91. The number of benzene rings is 1. The molecule has 1 atom stereocenters. The molecule has 0 N–H and O–H groups in total. The molecule has 0 spiro atoms. The summed E-state index contributed by atoms with van der Waals surface area (Å²) in [6, 6.07) is 5.67. The molecule has 0 amide bonds. The number of hydrogen-bond donors (Lipinski definition) is 0. The van der Waals surface area contributed by atoms with Gasteiger partial charge in [-0.05, 0) is 57.0 Å². The van der Waals surface area contributed by atoms with Crippen molar-refractivity contribution in [2.75, 3.05) is 26.4 Å². The number of pyridine rings is 2. The average Bonchev–Trinajstić information content (AvgIpc) is 3.63. The fourth-order valence-corrected chi connectivity index (χ4v) is 6.69. The summed E-state index contributed by atoms with van der Waals surface area (Å²) in [5, 5.41) is 0.951. The van der Waals surface area contributed by atoms with Crippen LogP contribution in [0, 0.1) is 6.92 Å². The Bertz CT molecular complexity index is 1620. The molecule has 1 aromatic carbocycles. The van der Waals surface area contributed by atoms with E-state index in [1.165, 1.54) is 6.42 Å². The first kappa shape index (κ1) is 24.3. The molecule has 9 heteroatoms. The Balaban J connectivity index is 1.27. The molecule has 3 aromatic rings. The van der Waals surface area contributed by atoms with Crippen LogP contribution in [0.25, 0.3) is 22.3 Å². The van der Waals surface area contributed by atoms with Crippen LogP contribution in [-0.4, -0.2) is 52.6 Å². The Labute approximate surface area is 225 Å². The highest BCUT2D eigenvalue weighted by Crippen LogP contribution is 2.44. The van der Waals surface area contributed by atoms with E-state index in [0.29, 0.717) is 47.1 Å². The van der Waals surface area contributed by atoms with Crippen LogP contribution in [0.1, 0.15) is 61.3 Å². The van der Waals surface area contributed by atoms with E-state index in [-0.39, 0.29) is 37.4 Å². The van der Waals surface area contributed by atoms with Crippen molar-refractivity contribution in [3.8, 4) is 22.9 Å². The molecule has 39 heavy (non-hydrogen) atoms. The summed E-state index contributed by atoms with van der Waals surface area (Å²) in [7, 11) is 0. The summed E-state index contributed by atoms with van der Waals surface area (Å²) < 4.78 is 18.8. The number of nitrogens with zero attached hydrogens (tertiary/aromatic N) is 3. The number of rotatable bonds is 5. The van der Waals surface area contributed by atoms with E-state index in [0.717, 1.165) is 48.0 Å². The van der Waals surface area contributed by atoms with Crippen molar-refractivity contribution < 1.29 is 23.8 Å². The van der Waals surface area contributed by atoms with E-state index in [9.17, 15) is 14.4 Å². The summed E-state index contributed by atoms with van der Waals surface area (Å²) >= 11 is 0. The van der Waals surface area contributed by atoms with Gasteiger partial charge in [0, 0.05) is 41.1 Å². The molecule has 1 unspecified atom stereocenters. The van der Waals surface area contributed by atoms with Gasteiger partial charge in [0.1, 0.15) is 0 Å². The number of ketones is 1. The number of carbonyl (C=O) groups is 2. The lowest BCUT2D eigenvalue weighted by Gasteiger charge is -2.29. The molecule has 1 aliphatic carbocycles. The Kier molecular flexibility index (Phi) is 5.56. The van der Waals surface area contributed by atoms with Gasteiger partial charge in [-0.3, -0.25) is 14.4 Å². The molecule has 202 valence electrons. The third-order valence-corrected chi connectivity index (χ3v) is 8.91. The lowest BCUT2D eigenvalue weighted by molar-refractivity contribution is -0.168. The molecular formula is C30H31N3O6. The van der Waals surface area contributed by atoms with Crippen LogP contribution in [0.2, 0.25) is 0 Å². The van der Waals surface area contributed by atoms with Gasteiger partial charge in [-0.15, -0.1) is 0 Å². The molecular weight excluding hydrogens is 498 g/mol. The van der Waals surface area contributed by atoms with Crippen LogP contribution in [-0.2, 0) is 32.9 Å². The van der Waals surface area contributed by atoms with Gasteiger partial charge in [0.05, 0.1) is 29.9 Å². The van der Waals surface area contributed by atoms with Crippen LogP contribution in [0.15, 0.2) is 23.0 Å². The lowest BCUT2D eigenvalue weighted by Crippen LogP contribution is -2.38. The SMILES string of the molecule is CCC1(OC(=O)CCN2CCCCC2)C(=O)Cc2c1cc1n(c2=O)Cc2c-1nc1cc3c(cc1c2C)OCO3. The van der Waals surface area contributed by atoms with E-state index in [4.69, 9.17) is 19.2 Å². The Morgan fingerprint density at radius 1 is 1.08 bits per heavy atom. The number of piperidine rings is 1. The first-order chi connectivity index (χ1) is 18.9. The summed E-state index contributed by atoms with van der Waals surface area (Å²) in [5.74, 6) is 0.696. The van der Waals surface area contributed by atoms with Gasteiger partial charge < -0.3 is 23.7 Å². The number of aromatic nitrogens is 2. The maximum absolute atomic E-state index is 13.8. The molecule has 2 aromatic heterocycles. The number of aryl methyl sites for hydroxylation is 1. The van der Waals surface area contributed by atoms with Gasteiger partial charge in [-0.2, -0.15) is 0 Å². The molecule has 9 nitrogen and oxygen atoms in total. The molecule has 0 radical (unpaired) electrons. The summed E-state index contributed by atoms with van der Waals surface area (Å²) in [4.78, 5) is 47.4.